The molecule has 0 bridgehead atoms. The SMILES string of the molecule is Cc1[nH]c2ccc(NC(=O)c3cc(OCCN4CCOCC4)cc(N4CCOCC4)n3)cc2c1C. The number of hydrogen-bond acceptors (Lipinski definition) is 7. The van der Waals surface area contributed by atoms with Crippen LogP contribution in [0.2, 0.25) is 0 Å². The van der Waals surface area contributed by atoms with Crippen LogP contribution in [0.1, 0.15) is 21.7 Å². The molecule has 2 aliphatic heterocycles. The van der Waals surface area contributed by atoms with E-state index in [1.54, 1.807) is 6.07 Å². The van der Waals surface area contributed by atoms with Gasteiger partial charge in [-0.15, -0.1) is 0 Å². The number of amides is 1. The number of carbonyl (C=O) groups excluding carboxylic acids is 1. The zero-order valence-corrected chi connectivity index (χ0v) is 20.4. The largest absolute Gasteiger partial charge is 0.492 e. The van der Waals surface area contributed by atoms with Crippen LogP contribution >= 0.6 is 0 Å². The van der Waals surface area contributed by atoms with E-state index in [-0.39, 0.29) is 5.91 Å². The van der Waals surface area contributed by atoms with Crippen LogP contribution in [-0.4, -0.2) is 86.5 Å². The van der Waals surface area contributed by atoms with Crippen LogP contribution in [0.15, 0.2) is 30.3 Å². The molecule has 0 aliphatic carbocycles. The molecule has 0 atom stereocenters. The summed E-state index contributed by atoms with van der Waals surface area (Å²) in [6, 6.07) is 9.53. The van der Waals surface area contributed by atoms with Gasteiger partial charge in [-0.2, -0.15) is 0 Å². The minimum atomic E-state index is -0.262. The average Bonchev–Trinajstić information content (AvgIpc) is 3.18. The number of hydrogen-bond donors (Lipinski definition) is 2. The van der Waals surface area contributed by atoms with E-state index in [2.05, 4.69) is 38.9 Å². The number of H-pyrrole nitrogens is 1. The van der Waals surface area contributed by atoms with Crippen molar-refractivity contribution in [1.29, 1.82) is 0 Å². The van der Waals surface area contributed by atoms with Gasteiger partial charge in [-0.05, 0) is 37.6 Å². The molecule has 2 N–H and O–H groups in total. The van der Waals surface area contributed by atoms with Crippen LogP contribution in [0.5, 0.6) is 5.75 Å². The summed E-state index contributed by atoms with van der Waals surface area (Å²) in [6.45, 7) is 11.6. The van der Waals surface area contributed by atoms with E-state index in [4.69, 9.17) is 14.2 Å². The molecular weight excluding hydrogens is 446 g/mol. The van der Waals surface area contributed by atoms with E-state index >= 15 is 0 Å². The second-order valence-corrected chi connectivity index (χ2v) is 9.04. The number of aromatic amines is 1. The molecule has 35 heavy (non-hydrogen) atoms. The highest BCUT2D eigenvalue weighted by molar-refractivity contribution is 6.04. The molecule has 1 amide bonds. The number of aromatic nitrogens is 2. The van der Waals surface area contributed by atoms with Crippen LogP contribution in [0.4, 0.5) is 11.5 Å². The standard InChI is InChI=1S/C26H33N5O4/c1-18-19(2)27-23-4-3-20(15-22(18)23)28-26(32)24-16-21(35-14-7-30-5-10-33-11-6-30)17-25(29-24)31-8-12-34-13-9-31/h3-4,15-17,27H,5-14H2,1-2H3,(H,28,32). The summed E-state index contributed by atoms with van der Waals surface area (Å²) in [5.74, 6) is 1.12. The van der Waals surface area contributed by atoms with Gasteiger partial charge in [-0.25, -0.2) is 4.98 Å². The van der Waals surface area contributed by atoms with Crippen LogP contribution in [0.25, 0.3) is 10.9 Å². The van der Waals surface area contributed by atoms with Crippen molar-refractivity contribution in [2.75, 3.05) is 76.0 Å². The van der Waals surface area contributed by atoms with Gasteiger partial charge in [0.15, 0.2) is 0 Å². The third kappa shape index (κ3) is 5.58. The Bertz CT molecular complexity index is 1180. The Kier molecular flexibility index (Phi) is 7.17. The topological polar surface area (TPSA) is 92.0 Å². The van der Waals surface area contributed by atoms with Gasteiger partial charge in [0.05, 0.1) is 26.4 Å². The molecule has 4 heterocycles. The molecule has 0 unspecified atom stereocenters. The Balaban J connectivity index is 1.34. The Hall–Kier alpha value is -3.14. The third-order valence-electron chi connectivity index (χ3n) is 6.70. The summed E-state index contributed by atoms with van der Waals surface area (Å²) in [7, 11) is 0. The highest BCUT2D eigenvalue weighted by Crippen LogP contribution is 2.26. The summed E-state index contributed by atoms with van der Waals surface area (Å²) in [6.07, 6.45) is 0. The molecule has 2 aromatic heterocycles. The number of aryl methyl sites for hydroxylation is 2. The molecule has 0 spiro atoms. The molecule has 2 saturated heterocycles. The number of benzene rings is 1. The molecule has 5 rings (SSSR count). The second kappa shape index (κ2) is 10.6. The van der Waals surface area contributed by atoms with Crippen LogP contribution in [0.3, 0.4) is 0 Å². The average molecular weight is 480 g/mol. The molecule has 0 radical (unpaired) electrons. The number of morpholine rings is 2. The Morgan fingerprint density at radius 2 is 1.80 bits per heavy atom. The van der Waals surface area contributed by atoms with Crippen molar-refractivity contribution in [2.45, 2.75) is 13.8 Å². The van der Waals surface area contributed by atoms with E-state index in [9.17, 15) is 4.79 Å². The van der Waals surface area contributed by atoms with Crippen molar-refractivity contribution in [2.24, 2.45) is 0 Å². The fraction of sp³-hybridized carbons (Fsp3) is 0.462. The number of nitrogens with zero attached hydrogens (tertiary/aromatic N) is 3. The van der Waals surface area contributed by atoms with Gasteiger partial charge in [-0.1, -0.05) is 0 Å². The number of nitrogens with one attached hydrogen (secondary N) is 2. The maximum absolute atomic E-state index is 13.2. The van der Waals surface area contributed by atoms with Gasteiger partial charge >= 0.3 is 0 Å². The smallest absolute Gasteiger partial charge is 0.274 e. The quantitative estimate of drug-likeness (QED) is 0.538. The minimum absolute atomic E-state index is 0.262. The lowest BCUT2D eigenvalue weighted by Crippen LogP contribution is -2.38. The minimum Gasteiger partial charge on any atom is -0.492 e. The fourth-order valence-electron chi connectivity index (χ4n) is 4.50. The molecule has 2 aliphatic rings. The van der Waals surface area contributed by atoms with Crippen LogP contribution in [0, 0.1) is 13.8 Å². The number of ether oxygens (including phenoxy) is 3. The Morgan fingerprint density at radius 1 is 1.06 bits per heavy atom. The van der Waals surface area contributed by atoms with Gasteiger partial charge in [0, 0.05) is 67.1 Å². The fourth-order valence-corrected chi connectivity index (χ4v) is 4.50. The van der Waals surface area contributed by atoms with Crippen molar-refractivity contribution >= 4 is 28.3 Å². The second-order valence-electron chi connectivity index (χ2n) is 9.04. The third-order valence-corrected chi connectivity index (χ3v) is 6.70. The highest BCUT2D eigenvalue weighted by atomic mass is 16.5. The number of anilines is 2. The van der Waals surface area contributed by atoms with Gasteiger partial charge in [0.1, 0.15) is 23.9 Å². The van der Waals surface area contributed by atoms with Gasteiger partial charge in [0.25, 0.3) is 5.91 Å². The first-order valence-electron chi connectivity index (χ1n) is 12.2. The van der Waals surface area contributed by atoms with E-state index in [0.717, 1.165) is 74.0 Å². The number of pyridine rings is 1. The first kappa shape index (κ1) is 23.6. The molecule has 0 saturated carbocycles. The molecule has 9 heteroatoms. The number of fused-ring (bicyclic) bond motifs is 1. The van der Waals surface area contributed by atoms with Gasteiger partial charge < -0.3 is 29.4 Å². The first-order valence-corrected chi connectivity index (χ1v) is 12.2. The van der Waals surface area contributed by atoms with E-state index in [1.807, 2.05) is 24.3 Å². The number of carbonyl (C=O) groups is 1. The van der Waals surface area contributed by atoms with Crippen LogP contribution in [-0.2, 0) is 9.47 Å². The predicted octanol–water partition coefficient (Wildman–Crippen LogP) is 2.98. The van der Waals surface area contributed by atoms with Crippen molar-refractivity contribution in [3.8, 4) is 5.75 Å². The normalized spacial score (nSPS) is 17.0. The van der Waals surface area contributed by atoms with Crippen molar-refractivity contribution in [3.05, 3.63) is 47.3 Å². The summed E-state index contributed by atoms with van der Waals surface area (Å²) in [5, 5.41) is 4.12. The highest BCUT2D eigenvalue weighted by Gasteiger charge is 2.19. The maximum atomic E-state index is 13.2. The van der Waals surface area contributed by atoms with E-state index < -0.39 is 0 Å². The van der Waals surface area contributed by atoms with Crippen molar-refractivity contribution in [1.82, 2.24) is 14.9 Å². The summed E-state index contributed by atoms with van der Waals surface area (Å²) >= 11 is 0. The van der Waals surface area contributed by atoms with E-state index in [0.29, 0.717) is 31.3 Å². The summed E-state index contributed by atoms with van der Waals surface area (Å²) in [5.41, 5.74) is 4.43. The van der Waals surface area contributed by atoms with E-state index in [1.165, 1.54) is 5.56 Å². The molecule has 186 valence electrons. The molecule has 9 nitrogen and oxygen atoms in total. The molecule has 1 aromatic carbocycles. The van der Waals surface area contributed by atoms with Crippen molar-refractivity contribution < 1.29 is 19.0 Å². The molecule has 2 fully saturated rings. The molecular formula is C26H33N5O4. The monoisotopic (exact) mass is 479 g/mol. The Labute approximate surface area is 205 Å². The Morgan fingerprint density at radius 3 is 2.57 bits per heavy atom. The van der Waals surface area contributed by atoms with Crippen molar-refractivity contribution in [3.63, 3.8) is 0 Å². The predicted molar refractivity (Wildman–Crippen MR) is 136 cm³/mol. The summed E-state index contributed by atoms with van der Waals surface area (Å²) in [4.78, 5) is 25.7. The lowest BCUT2D eigenvalue weighted by Gasteiger charge is -2.28. The molecule has 3 aromatic rings. The first-order chi connectivity index (χ1) is 17.1. The zero-order chi connectivity index (χ0) is 24.2. The zero-order valence-electron chi connectivity index (χ0n) is 20.4. The van der Waals surface area contributed by atoms with Gasteiger partial charge in [-0.3, -0.25) is 9.69 Å². The number of rotatable bonds is 7. The lowest BCUT2D eigenvalue weighted by molar-refractivity contribution is 0.0322. The summed E-state index contributed by atoms with van der Waals surface area (Å²) < 4.78 is 17.0. The lowest BCUT2D eigenvalue weighted by atomic mass is 10.1. The maximum Gasteiger partial charge on any atom is 0.274 e. The van der Waals surface area contributed by atoms with Crippen LogP contribution < -0.4 is 15.0 Å². The van der Waals surface area contributed by atoms with Gasteiger partial charge in [0.2, 0.25) is 0 Å².